The Hall–Kier alpha value is -2.61. The topological polar surface area (TPSA) is 86.0 Å². The molecule has 108 valence electrons. The zero-order valence-electron chi connectivity index (χ0n) is 11.8. The van der Waals surface area contributed by atoms with Gasteiger partial charge in [0.2, 0.25) is 0 Å². The molecule has 21 heavy (non-hydrogen) atoms. The van der Waals surface area contributed by atoms with Crippen molar-refractivity contribution < 1.29 is 9.90 Å². The highest BCUT2D eigenvalue weighted by atomic mass is 16.4. The first-order chi connectivity index (χ1) is 10.1. The van der Waals surface area contributed by atoms with Crippen molar-refractivity contribution in [1.29, 1.82) is 5.26 Å². The smallest absolute Gasteiger partial charge is 0.305 e. The number of aromatic nitrogens is 1. The first kappa shape index (κ1) is 14.8. The fraction of sp³-hybridized carbons (Fsp3) is 0.312. The molecule has 0 saturated carbocycles. The molecule has 5 heteroatoms. The van der Waals surface area contributed by atoms with Crippen LogP contribution in [0, 0.1) is 11.3 Å². The lowest BCUT2D eigenvalue weighted by Gasteiger charge is -2.18. The number of hydrogen-bond acceptors (Lipinski definition) is 4. The first-order valence-corrected chi connectivity index (χ1v) is 6.92. The minimum absolute atomic E-state index is 0.00716. The van der Waals surface area contributed by atoms with Gasteiger partial charge in [0.25, 0.3) is 0 Å². The number of anilines is 1. The number of pyridine rings is 1. The van der Waals surface area contributed by atoms with Crippen molar-refractivity contribution in [2.45, 2.75) is 32.2 Å². The molecule has 0 bridgehead atoms. The van der Waals surface area contributed by atoms with E-state index in [9.17, 15) is 10.1 Å². The van der Waals surface area contributed by atoms with Gasteiger partial charge >= 0.3 is 5.97 Å². The first-order valence-electron chi connectivity index (χ1n) is 6.92. The maximum Gasteiger partial charge on any atom is 0.305 e. The van der Waals surface area contributed by atoms with E-state index < -0.39 is 5.97 Å². The van der Waals surface area contributed by atoms with Crippen LogP contribution < -0.4 is 5.32 Å². The number of nitrogens with one attached hydrogen (secondary N) is 1. The number of fused-ring (bicyclic) bond motifs is 1. The van der Waals surface area contributed by atoms with E-state index in [1.807, 2.05) is 31.2 Å². The van der Waals surface area contributed by atoms with Gasteiger partial charge in [0, 0.05) is 11.4 Å². The second-order valence-electron chi connectivity index (χ2n) is 4.92. The van der Waals surface area contributed by atoms with Gasteiger partial charge in [-0.05, 0) is 18.6 Å². The molecule has 0 aliphatic heterocycles. The van der Waals surface area contributed by atoms with E-state index in [1.165, 1.54) is 0 Å². The summed E-state index contributed by atoms with van der Waals surface area (Å²) in [5, 5.41) is 22.2. The summed E-state index contributed by atoms with van der Waals surface area (Å²) in [4.78, 5) is 15.4. The number of nitriles is 1. The second kappa shape index (κ2) is 6.71. The summed E-state index contributed by atoms with van der Waals surface area (Å²) in [5.41, 5.74) is 1.21. The zero-order valence-corrected chi connectivity index (χ0v) is 11.8. The maximum atomic E-state index is 10.9. The van der Waals surface area contributed by atoms with Crippen LogP contribution >= 0.6 is 0 Å². The third kappa shape index (κ3) is 3.69. The lowest BCUT2D eigenvalue weighted by molar-refractivity contribution is -0.137. The number of rotatable bonds is 6. The summed E-state index contributed by atoms with van der Waals surface area (Å²) < 4.78 is 0. The van der Waals surface area contributed by atoms with Gasteiger partial charge in [0.1, 0.15) is 11.9 Å². The van der Waals surface area contributed by atoms with E-state index in [0.29, 0.717) is 17.8 Å². The van der Waals surface area contributed by atoms with Crippen LogP contribution in [0.25, 0.3) is 10.9 Å². The molecule has 0 amide bonds. The standard InChI is InChI=1S/C16H17N3O2/c1-2-5-13(9-15(20)21)18-16-12(10-17)8-11-6-3-4-7-14(11)19-16/h3-4,6-8,13H,2,5,9H2,1H3,(H,18,19)(H,20,21). The molecule has 2 aromatic rings. The number of hydrogen-bond donors (Lipinski definition) is 2. The van der Waals surface area contributed by atoms with E-state index in [4.69, 9.17) is 5.11 Å². The Labute approximate surface area is 123 Å². The molecule has 0 saturated heterocycles. The van der Waals surface area contributed by atoms with E-state index in [2.05, 4.69) is 16.4 Å². The average Bonchev–Trinajstić information content (AvgIpc) is 2.46. The second-order valence-corrected chi connectivity index (χ2v) is 4.92. The van der Waals surface area contributed by atoms with Gasteiger partial charge in [-0.2, -0.15) is 5.26 Å². The average molecular weight is 283 g/mol. The molecular weight excluding hydrogens is 266 g/mol. The highest BCUT2D eigenvalue weighted by Gasteiger charge is 2.15. The minimum atomic E-state index is -0.861. The molecule has 0 aliphatic rings. The van der Waals surface area contributed by atoms with Crippen molar-refractivity contribution in [2.75, 3.05) is 5.32 Å². The molecular formula is C16H17N3O2. The van der Waals surface area contributed by atoms with Crippen molar-refractivity contribution in [1.82, 2.24) is 4.98 Å². The number of para-hydroxylation sites is 1. The highest BCUT2D eigenvalue weighted by molar-refractivity contribution is 5.83. The molecule has 2 rings (SSSR count). The molecule has 1 aromatic carbocycles. The summed E-state index contributed by atoms with van der Waals surface area (Å²) in [6, 6.07) is 11.2. The Morgan fingerprint density at radius 1 is 1.48 bits per heavy atom. The molecule has 1 atom stereocenters. The number of carboxylic acid groups (broad SMARTS) is 1. The van der Waals surface area contributed by atoms with Crippen molar-refractivity contribution in [3.8, 4) is 6.07 Å². The monoisotopic (exact) mass is 283 g/mol. The summed E-state index contributed by atoms with van der Waals surface area (Å²) in [6.07, 6.45) is 1.58. The highest BCUT2D eigenvalue weighted by Crippen LogP contribution is 2.21. The van der Waals surface area contributed by atoms with Crippen LogP contribution in [0.4, 0.5) is 5.82 Å². The van der Waals surface area contributed by atoms with Gasteiger partial charge in [-0.15, -0.1) is 0 Å². The summed E-state index contributed by atoms with van der Waals surface area (Å²) in [6.45, 7) is 2.00. The summed E-state index contributed by atoms with van der Waals surface area (Å²) >= 11 is 0. The third-order valence-electron chi connectivity index (χ3n) is 3.24. The van der Waals surface area contributed by atoms with Gasteiger partial charge in [-0.3, -0.25) is 4.79 Å². The molecule has 1 aromatic heterocycles. The van der Waals surface area contributed by atoms with Crippen molar-refractivity contribution >= 4 is 22.7 Å². The van der Waals surface area contributed by atoms with Crippen LogP contribution in [0.3, 0.4) is 0 Å². The molecule has 0 radical (unpaired) electrons. The largest absolute Gasteiger partial charge is 0.481 e. The van der Waals surface area contributed by atoms with Crippen LogP contribution in [0.15, 0.2) is 30.3 Å². The molecule has 1 unspecified atom stereocenters. The van der Waals surface area contributed by atoms with Crippen LogP contribution in [-0.4, -0.2) is 22.1 Å². The normalized spacial score (nSPS) is 11.8. The van der Waals surface area contributed by atoms with Crippen LogP contribution in [0.1, 0.15) is 31.7 Å². The van der Waals surface area contributed by atoms with E-state index in [-0.39, 0.29) is 12.5 Å². The fourth-order valence-electron chi connectivity index (χ4n) is 2.29. The lowest BCUT2D eigenvalue weighted by Crippen LogP contribution is -2.24. The molecule has 0 fully saturated rings. The zero-order chi connectivity index (χ0) is 15.2. The van der Waals surface area contributed by atoms with Crippen LogP contribution in [0.2, 0.25) is 0 Å². The van der Waals surface area contributed by atoms with Gasteiger partial charge in [0.15, 0.2) is 0 Å². The van der Waals surface area contributed by atoms with Gasteiger partial charge in [0.05, 0.1) is 17.5 Å². The van der Waals surface area contributed by atoms with E-state index in [0.717, 1.165) is 17.3 Å². The van der Waals surface area contributed by atoms with Crippen molar-refractivity contribution in [2.24, 2.45) is 0 Å². The maximum absolute atomic E-state index is 10.9. The Balaban J connectivity index is 2.35. The number of nitrogens with zero attached hydrogens (tertiary/aromatic N) is 2. The summed E-state index contributed by atoms with van der Waals surface area (Å²) in [5.74, 6) is -0.406. The van der Waals surface area contributed by atoms with E-state index in [1.54, 1.807) is 6.07 Å². The molecule has 5 nitrogen and oxygen atoms in total. The lowest BCUT2D eigenvalue weighted by atomic mass is 10.1. The number of carbonyl (C=O) groups is 1. The Morgan fingerprint density at radius 3 is 2.90 bits per heavy atom. The van der Waals surface area contributed by atoms with Gasteiger partial charge in [-0.25, -0.2) is 4.98 Å². The third-order valence-corrected chi connectivity index (χ3v) is 3.24. The fourth-order valence-corrected chi connectivity index (χ4v) is 2.29. The van der Waals surface area contributed by atoms with Crippen LogP contribution in [-0.2, 0) is 4.79 Å². The molecule has 0 spiro atoms. The number of benzene rings is 1. The Morgan fingerprint density at radius 2 is 2.24 bits per heavy atom. The van der Waals surface area contributed by atoms with Crippen molar-refractivity contribution in [3.63, 3.8) is 0 Å². The molecule has 1 heterocycles. The summed E-state index contributed by atoms with van der Waals surface area (Å²) in [7, 11) is 0. The van der Waals surface area contributed by atoms with E-state index >= 15 is 0 Å². The Kier molecular flexibility index (Phi) is 4.72. The predicted octanol–water partition coefficient (Wildman–Crippen LogP) is 3.16. The SMILES string of the molecule is CCCC(CC(=O)O)Nc1nc2ccccc2cc1C#N. The molecule has 2 N–H and O–H groups in total. The Bertz CT molecular complexity index is 691. The predicted molar refractivity (Wildman–Crippen MR) is 81.0 cm³/mol. The molecule has 0 aliphatic carbocycles. The minimum Gasteiger partial charge on any atom is -0.481 e. The number of aliphatic carboxylic acids is 1. The van der Waals surface area contributed by atoms with Gasteiger partial charge in [-0.1, -0.05) is 31.5 Å². The van der Waals surface area contributed by atoms with Gasteiger partial charge < -0.3 is 10.4 Å². The van der Waals surface area contributed by atoms with Crippen molar-refractivity contribution in [3.05, 3.63) is 35.9 Å². The quantitative estimate of drug-likeness (QED) is 0.850. The number of carboxylic acids is 1. The van der Waals surface area contributed by atoms with Crippen LogP contribution in [0.5, 0.6) is 0 Å².